The molecule has 1 saturated heterocycles. The van der Waals surface area contributed by atoms with Crippen LogP contribution < -0.4 is 5.32 Å². The van der Waals surface area contributed by atoms with Crippen LogP contribution in [0.4, 0.5) is 14.9 Å². The summed E-state index contributed by atoms with van der Waals surface area (Å²) in [5.74, 6) is -1.44. The van der Waals surface area contributed by atoms with Gasteiger partial charge < -0.3 is 5.32 Å². The first-order chi connectivity index (χ1) is 12.8. The molecule has 0 aromatic heterocycles. The second-order valence-corrected chi connectivity index (χ2v) is 8.59. The molecule has 1 aliphatic heterocycles. The molecular formula is C18H11BrFIN2O3S. The molecule has 1 aliphatic rings. The van der Waals surface area contributed by atoms with Crippen molar-refractivity contribution in [1.29, 1.82) is 0 Å². The third-order valence-electron chi connectivity index (χ3n) is 3.54. The second-order valence-electron chi connectivity index (χ2n) is 5.50. The van der Waals surface area contributed by atoms with E-state index in [0.29, 0.717) is 11.3 Å². The van der Waals surface area contributed by atoms with Gasteiger partial charge in [-0.05, 0) is 98.3 Å². The van der Waals surface area contributed by atoms with E-state index in [1.807, 2.05) is 12.1 Å². The molecule has 0 atom stereocenters. The van der Waals surface area contributed by atoms with Crippen molar-refractivity contribution in [1.82, 2.24) is 4.90 Å². The van der Waals surface area contributed by atoms with Crippen LogP contribution in [0.25, 0.3) is 6.08 Å². The van der Waals surface area contributed by atoms with E-state index in [9.17, 15) is 18.8 Å². The van der Waals surface area contributed by atoms with Crippen molar-refractivity contribution in [3.8, 4) is 0 Å². The van der Waals surface area contributed by atoms with Crippen LogP contribution in [0.2, 0.25) is 0 Å². The molecule has 0 unspecified atom stereocenters. The molecule has 27 heavy (non-hydrogen) atoms. The number of carbonyl (C=O) groups is 3. The molecule has 2 aromatic rings. The van der Waals surface area contributed by atoms with E-state index in [1.54, 1.807) is 12.1 Å². The number of hydrogen-bond donors (Lipinski definition) is 1. The zero-order valence-corrected chi connectivity index (χ0v) is 18.1. The minimum absolute atomic E-state index is 0.181. The summed E-state index contributed by atoms with van der Waals surface area (Å²) in [6.45, 7) is -0.374. The Morgan fingerprint density at radius 1 is 1.22 bits per heavy atom. The molecule has 3 rings (SSSR count). The Hall–Kier alpha value is -1.72. The fourth-order valence-electron chi connectivity index (χ4n) is 2.27. The molecule has 5 nitrogen and oxygen atoms in total. The van der Waals surface area contributed by atoms with Gasteiger partial charge in [0.2, 0.25) is 5.91 Å². The van der Waals surface area contributed by atoms with E-state index in [2.05, 4.69) is 43.8 Å². The van der Waals surface area contributed by atoms with Crippen molar-refractivity contribution in [3.63, 3.8) is 0 Å². The van der Waals surface area contributed by atoms with Crippen LogP contribution in [-0.2, 0) is 9.59 Å². The Bertz CT molecular complexity index is 966. The summed E-state index contributed by atoms with van der Waals surface area (Å²) < 4.78 is 14.6. The molecule has 9 heteroatoms. The number of nitrogens with one attached hydrogen (secondary N) is 1. The van der Waals surface area contributed by atoms with Gasteiger partial charge >= 0.3 is 0 Å². The first kappa shape index (κ1) is 20.0. The van der Waals surface area contributed by atoms with Crippen LogP contribution >= 0.6 is 50.3 Å². The van der Waals surface area contributed by atoms with E-state index in [1.165, 1.54) is 24.3 Å². The van der Waals surface area contributed by atoms with Crippen LogP contribution in [-0.4, -0.2) is 28.5 Å². The zero-order chi connectivity index (χ0) is 19.6. The molecule has 0 spiro atoms. The topological polar surface area (TPSA) is 66.5 Å². The van der Waals surface area contributed by atoms with Crippen molar-refractivity contribution in [2.45, 2.75) is 0 Å². The van der Waals surface area contributed by atoms with E-state index in [-0.39, 0.29) is 15.9 Å². The summed E-state index contributed by atoms with van der Waals surface area (Å²) in [7, 11) is 0. The lowest BCUT2D eigenvalue weighted by molar-refractivity contribution is -0.127. The molecule has 0 aliphatic carbocycles. The summed E-state index contributed by atoms with van der Waals surface area (Å²) in [5.41, 5.74) is 1.15. The number of imide groups is 1. The lowest BCUT2D eigenvalue weighted by atomic mass is 10.2. The Kier molecular flexibility index (Phi) is 6.33. The van der Waals surface area contributed by atoms with E-state index in [4.69, 9.17) is 0 Å². The number of carbonyl (C=O) groups excluding carboxylic acids is 3. The molecule has 3 amide bonds. The van der Waals surface area contributed by atoms with Crippen LogP contribution in [0.5, 0.6) is 0 Å². The lowest BCUT2D eigenvalue weighted by Gasteiger charge is -2.12. The highest BCUT2D eigenvalue weighted by Gasteiger charge is 2.36. The quantitative estimate of drug-likeness (QED) is 0.428. The lowest BCUT2D eigenvalue weighted by Crippen LogP contribution is -2.36. The Labute approximate surface area is 180 Å². The second kappa shape index (κ2) is 8.53. The van der Waals surface area contributed by atoms with Crippen LogP contribution in [0.1, 0.15) is 5.56 Å². The SMILES string of the molecule is O=C(CN1C(=O)S/C(=C/c2ccc(F)c(Br)c2)C1=O)Nc1ccc(I)cc1. The van der Waals surface area contributed by atoms with Gasteiger partial charge in [-0.3, -0.25) is 19.3 Å². The fraction of sp³-hybridized carbons (Fsp3) is 0.0556. The zero-order valence-electron chi connectivity index (χ0n) is 13.5. The summed E-state index contributed by atoms with van der Waals surface area (Å²) in [4.78, 5) is 37.8. The van der Waals surface area contributed by atoms with Crippen molar-refractivity contribution >= 4 is 79.1 Å². The maximum atomic E-state index is 13.3. The maximum absolute atomic E-state index is 13.3. The van der Waals surface area contributed by atoms with Gasteiger partial charge in [-0.1, -0.05) is 6.07 Å². The van der Waals surface area contributed by atoms with Gasteiger partial charge in [-0.15, -0.1) is 0 Å². The van der Waals surface area contributed by atoms with Gasteiger partial charge in [-0.2, -0.15) is 0 Å². The number of halogens is 3. The molecule has 0 radical (unpaired) electrons. The number of benzene rings is 2. The molecule has 2 aromatic carbocycles. The third-order valence-corrected chi connectivity index (χ3v) is 5.78. The number of anilines is 1. The van der Waals surface area contributed by atoms with Crippen molar-refractivity contribution in [3.05, 3.63) is 66.8 Å². The van der Waals surface area contributed by atoms with Gasteiger partial charge in [0.15, 0.2) is 0 Å². The molecule has 1 heterocycles. The Balaban J connectivity index is 1.70. The van der Waals surface area contributed by atoms with Gasteiger partial charge in [0.05, 0.1) is 9.38 Å². The normalized spacial score (nSPS) is 15.5. The van der Waals surface area contributed by atoms with Crippen LogP contribution in [0, 0.1) is 9.39 Å². The van der Waals surface area contributed by atoms with Gasteiger partial charge in [0.1, 0.15) is 12.4 Å². The largest absolute Gasteiger partial charge is 0.325 e. The number of rotatable bonds is 4. The van der Waals surface area contributed by atoms with Crippen molar-refractivity contribution in [2.24, 2.45) is 0 Å². The summed E-state index contributed by atoms with van der Waals surface area (Å²) in [6, 6.07) is 11.4. The standard InChI is InChI=1S/C18H11BrFIN2O3S/c19-13-7-10(1-6-14(13)20)8-15-17(25)23(18(26)27-15)9-16(24)22-12-4-2-11(21)3-5-12/h1-8H,9H2,(H,22,24)/b15-8+. The van der Waals surface area contributed by atoms with Gasteiger partial charge in [0.25, 0.3) is 11.1 Å². The maximum Gasteiger partial charge on any atom is 0.294 e. The average Bonchev–Trinajstić information content (AvgIpc) is 2.87. The van der Waals surface area contributed by atoms with Crippen LogP contribution in [0.3, 0.4) is 0 Å². The predicted molar refractivity (Wildman–Crippen MR) is 115 cm³/mol. The molecule has 138 valence electrons. The predicted octanol–water partition coefficient (Wildman–Crippen LogP) is 4.87. The molecule has 1 fully saturated rings. The summed E-state index contributed by atoms with van der Waals surface area (Å²) in [6.07, 6.45) is 1.49. The van der Waals surface area contributed by atoms with E-state index >= 15 is 0 Å². The van der Waals surface area contributed by atoms with E-state index < -0.39 is 22.9 Å². The third kappa shape index (κ3) is 4.96. The smallest absolute Gasteiger partial charge is 0.294 e. The summed E-state index contributed by atoms with van der Waals surface area (Å²) >= 11 is 5.97. The van der Waals surface area contributed by atoms with Gasteiger partial charge in [-0.25, -0.2) is 4.39 Å². The number of amides is 3. The minimum atomic E-state index is -0.553. The molecule has 0 bridgehead atoms. The first-order valence-electron chi connectivity index (χ1n) is 7.59. The Morgan fingerprint density at radius 2 is 1.93 bits per heavy atom. The number of hydrogen-bond acceptors (Lipinski definition) is 4. The molecular weight excluding hydrogens is 550 g/mol. The molecule has 1 N–H and O–H groups in total. The summed E-state index contributed by atoms with van der Waals surface area (Å²) in [5, 5.41) is 2.13. The fourth-order valence-corrected chi connectivity index (χ4v) is 3.86. The van der Waals surface area contributed by atoms with Crippen molar-refractivity contribution < 1.29 is 18.8 Å². The highest BCUT2D eigenvalue weighted by Crippen LogP contribution is 2.32. The number of nitrogens with zero attached hydrogens (tertiary/aromatic N) is 1. The highest BCUT2D eigenvalue weighted by atomic mass is 127. The number of thioether (sulfide) groups is 1. The highest BCUT2D eigenvalue weighted by molar-refractivity contribution is 14.1. The van der Waals surface area contributed by atoms with Crippen LogP contribution in [0.15, 0.2) is 51.8 Å². The minimum Gasteiger partial charge on any atom is -0.325 e. The van der Waals surface area contributed by atoms with E-state index in [0.717, 1.165) is 20.2 Å². The average molecular weight is 561 g/mol. The Morgan fingerprint density at radius 3 is 2.59 bits per heavy atom. The first-order valence-corrected chi connectivity index (χ1v) is 10.3. The molecule has 0 saturated carbocycles. The van der Waals surface area contributed by atoms with Crippen molar-refractivity contribution in [2.75, 3.05) is 11.9 Å². The monoisotopic (exact) mass is 560 g/mol. The van der Waals surface area contributed by atoms with Gasteiger partial charge in [0, 0.05) is 9.26 Å².